The van der Waals surface area contributed by atoms with Crippen molar-refractivity contribution in [3.05, 3.63) is 64.1 Å². The van der Waals surface area contributed by atoms with Crippen LogP contribution in [-0.2, 0) is 35.5 Å². The molecule has 11 heteroatoms. The Morgan fingerprint density at radius 1 is 1.23 bits per heavy atom. The van der Waals surface area contributed by atoms with Gasteiger partial charge in [0.05, 0.1) is 22.8 Å². The van der Waals surface area contributed by atoms with Crippen molar-refractivity contribution in [3.63, 3.8) is 0 Å². The van der Waals surface area contributed by atoms with Gasteiger partial charge >= 0.3 is 6.18 Å². The van der Waals surface area contributed by atoms with E-state index in [0.717, 1.165) is 24.0 Å². The summed E-state index contributed by atoms with van der Waals surface area (Å²) in [6.45, 7) is 1.54. The predicted molar refractivity (Wildman–Crippen MR) is 107 cm³/mol. The van der Waals surface area contributed by atoms with Crippen LogP contribution in [0.5, 0.6) is 0 Å². The van der Waals surface area contributed by atoms with E-state index in [4.69, 9.17) is 16.0 Å². The minimum Gasteiger partial charge on any atom is -0.460 e. The number of benzene rings is 1. The zero-order chi connectivity index (χ0) is 22.4. The summed E-state index contributed by atoms with van der Waals surface area (Å²) in [4.78, 5) is 10.1. The molecular weight excluding hydrogens is 455 g/mol. The third-order valence-corrected chi connectivity index (χ3v) is 6.11. The van der Waals surface area contributed by atoms with Crippen molar-refractivity contribution in [2.24, 2.45) is 0 Å². The highest BCUT2D eigenvalue weighted by Gasteiger charge is 2.31. The summed E-state index contributed by atoms with van der Waals surface area (Å²) >= 11 is 6.09. The molecule has 0 radical (unpaired) electrons. The minimum atomic E-state index is -4.48. The molecule has 164 valence electrons. The highest BCUT2D eigenvalue weighted by atomic mass is 35.5. The highest BCUT2D eigenvalue weighted by molar-refractivity contribution is 7.90. The second-order valence-electron chi connectivity index (χ2n) is 7.32. The summed E-state index contributed by atoms with van der Waals surface area (Å²) in [5.41, 5.74) is 0.897. The summed E-state index contributed by atoms with van der Waals surface area (Å²) in [5, 5.41) is -0.0204. The van der Waals surface area contributed by atoms with Gasteiger partial charge < -0.3 is 4.42 Å². The van der Waals surface area contributed by atoms with E-state index >= 15 is 0 Å². The zero-order valence-electron chi connectivity index (χ0n) is 16.3. The van der Waals surface area contributed by atoms with Crippen molar-refractivity contribution in [2.45, 2.75) is 30.8 Å². The van der Waals surface area contributed by atoms with Gasteiger partial charge in [-0.2, -0.15) is 13.2 Å². The number of aromatic nitrogens is 2. The molecule has 2 aromatic heterocycles. The first-order valence-corrected chi connectivity index (χ1v) is 11.5. The third kappa shape index (κ3) is 4.76. The Balaban J connectivity index is 1.51. The average molecular weight is 472 g/mol. The Morgan fingerprint density at radius 2 is 2.00 bits per heavy atom. The normalized spacial score (nSPS) is 15.1. The fourth-order valence-corrected chi connectivity index (χ4v) is 4.12. The molecule has 0 saturated carbocycles. The first-order valence-electron chi connectivity index (χ1n) is 9.24. The molecule has 0 saturated heterocycles. The van der Waals surface area contributed by atoms with Gasteiger partial charge in [0.1, 0.15) is 11.5 Å². The maximum atomic E-state index is 13.0. The second kappa shape index (κ2) is 7.92. The Bertz CT molecular complexity index is 1240. The molecule has 0 aliphatic carbocycles. The monoisotopic (exact) mass is 471 g/mol. The number of nitrogens with zero attached hydrogens (tertiary/aromatic N) is 3. The molecule has 3 aromatic rings. The van der Waals surface area contributed by atoms with E-state index in [1.54, 1.807) is 12.1 Å². The lowest BCUT2D eigenvalue weighted by Crippen LogP contribution is -2.31. The highest BCUT2D eigenvalue weighted by Crippen LogP contribution is 2.36. The van der Waals surface area contributed by atoms with Gasteiger partial charge in [0.2, 0.25) is 15.0 Å². The lowest BCUT2D eigenvalue weighted by atomic mass is 10.1. The zero-order valence-corrected chi connectivity index (χ0v) is 17.9. The van der Waals surface area contributed by atoms with Gasteiger partial charge in [-0.3, -0.25) is 4.90 Å². The summed E-state index contributed by atoms with van der Waals surface area (Å²) in [7, 11) is -3.47. The largest absolute Gasteiger partial charge is 0.460 e. The van der Waals surface area contributed by atoms with Crippen LogP contribution in [-0.4, -0.2) is 36.1 Å². The Hall–Kier alpha value is -2.43. The molecule has 1 aliphatic rings. The topological polar surface area (TPSA) is 76.3 Å². The van der Waals surface area contributed by atoms with Crippen LogP contribution in [0.2, 0.25) is 5.02 Å². The van der Waals surface area contributed by atoms with E-state index in [-0.39, 0.29) is 21.5 Å². The number of hydrogen-bond acceptors (Lipinski definition) is 6. The molecule has 0 unspecified atom stereocenters. The molecule has 0 N–H and O–H groups in total. The molecule has 1 aromatic carbocycles. The van der Waals surface area contributed by atoms with E-state index in [2.05, 4.69) is 14.9 Å². The van der Waals surface area contributed by atoms with E-state index in [1.807, 2.05) is 0 Å². The van der Waals surface area contributed by atoms with E-state index in [0.29, 0.717) is 37.5 Å². The molecule has 0 bridgehead atoms. The maximum Gasteiger partial charge on any atom is 0.416 e. The molecule has 0 fully saturated rings. The smallest absolute Gasteiger partial charge is 0.416 e. The van der Waals surface area contributed by atoms with Crippen LogP contribution in [0, 0.1) is 0 Å². The van der Waals surface area contributed by atoms with E-state index < -0.39 is 21.6 Å². The van der Waals surface area contributed by atoms with Crippen LogP contribution in [0.3, 0.4) is 0 Å². The molecule has 4 rings (SSSR count). The van der Waals surface area contributed by atoms with Crippen LogP contribution in [0.25, 0.3) is 11.3 Å². The van der Waals surface area contributed by atoms with Gasteiger partial charge in [-0.05, 0) is 30.3 Å². The van der Waals surface area contributed by atoms with Crippen LogP contribution < -0.4 is 0 Å². The van der Waals surface area contributed by atoms with E-state index in [9.17, 15) is 21.6 Å². The lowest BCUT2D eigenvalue weighted by molar-refractivity contribution is -0.137. The van der Waals surface area contributed by atoms with Crippen molar-refractivity contribution in [3.8, 4) is 11.3 Å². The number of halogens is 4. The summed E-state index contributed by atoms with van der Waals surface area (Å²) < 4.78 is 68.1. The first kappa shape index (κ1) is 21.8. The van der Waals surface area contributed by atoms with Gasteiger partial charge in [0, 0.05) is 43.1 Å². The Kier molecular flexibility index (Phi) is 5.57. The average Bonchev–Trinajstić information content (AvgIpc) is 3.14. The maximum absolute atomic E-state index is 13.0. The van der Waals surface area contributed by atoms with Gasteiger partial charge in [0.15, 0.2) is 0 Å². The third-order valence-electron chi connectivity index (χ3n) is 4.92. The summed E-state index contributed by atoms with van der Waals surface area (Å²) in [6, 6.07) is 6.39. The van der Waals surface area contributed by atoms with Gasteiger partial charge in [-0.1, -0.05) is 11.6 Å². The number of furan rings is 1. The minimum absolute atomic E-state index is 0.166. The van der Waals surface area contributed by atoms with Gasteiger partial charge in [0.25, 0.3) is 0 Å². The van der Waals surface area contributed by atoms with Crippen molar-refractivity contribution in [1.29, 1.82) is 0 Å². The predicted octanol–water partition coefficient (Wildman–Crippen LogP) is 4.37. The molecule has 0 amide bonds. The quantitative estimate of drug-likeness (QED) is 0.526. The van der Waals surface area contributed by atoms with Gasteiger partial charge in [-0.15, -0.1) is 0 Å². The summed E-state index contributed by atoms with van der Waals surface area (Å²) in [5.74, 6) is 0.824. The standard InChI is InChI=1S/C20H17ClF3N3O3S/c1-31(28,29)19-25-9-12-10-27(7-6-17(12)26-19)11-14-3-5-18(30-14)15-8-13(20(22,23)24)2-4-16(15)21/h2-5,8-9H,6-7,10-11H2,1H3. The lowest BCUT2D eigenvalue weighted by Gasteiger charge is -2.27. The molecule has 3 heterocycles. The number of fused-ring (bicyclic) bond motifs is 1. The van der Waals surface area contributed by atoms with Crippen molar-refractivity contribution in [2.75, 3.05) is 12.8 Å². The van der Waals surface area contributed by atoms with Crippen molar-refractivity contribution >= 4 is 21.4 Å². The van der Waals surface area contributed by atoms with Crippen molar-refractivity contribution in [1.82, 2.24) is 14.9 Å². The number of sulfone groups is 1. The Morgan fingerprint density at radius 3 is 2.71 bits per heavy atom. The van der Waals surface area contributed by atoms with Crippen LogP contribution >= 0.6 is 11.6 Å². The number of rotatable bonds is 4. The molecule has 0 spiro atoms. The fraction of sp³-hybridized carbons (Fsp3) is 0.300. The molecular formula is C20H17ClF3N3O3S. The first-order chi connectivity index (χ1) is 14.5. The number of hydrogen-bond donors (Lipinski definition) is 0. The SMILES string of the molecule is CS(=O)(=O)c1ncc2c(n1)CCN(Cc1ccc(-c3cc(C(F)(F)F)ccc3Cl)o1)C2. The number of alkyl halides is 3. The van der Waals surface area contributed by atoms with Crippen LogP contribution in [0.4, 0.5) is 13.2 Å². The second-order valence-corrected chi connectivity index (χ2v) is 9.63. The fourth-order valence-electron chi connectivity index (χ4n) is 3.39. The van der Waals surface area contributed by atoms with Crippen LogP contribution in [0.15, 0.2) is 46.1 Å². The summed E-state index contributed by atoms with van der Waals surface area (Å²) in [6.07, 6.45) is -1.35. The molecule has 31 heavy (non-hydrogen) atoms. The van der Waals surface area contributed by atoms with Crippen LogP contribution in [0.1, 0.15) is 22.6 Å². The van der Waals surface area contributed by atoms with E-state index in [1.165, 1.54) is 12.3 Å². The van der Waals surface area contributed by atoms with Crippen molar-refractivity contribution < 1.29 is 26.0 Å². The molecule has 1 aliphatic heterocycles. The molecule has 6 nitrogen and oxygen atoms in total. The van der Waals surface area contributed by atoms with Gasteiger partial charge in [-0.25, -0.2) is 18.4 Å². The molecule has 0 atom stereocenters. The Labute approximate surface area is 181 Å².